The van der Waals surface area contributed by atoms with E-state index in [4.69, 9.17) is 5.73 Å². The number of primary amides is 1. The van der Waals surface area contributed by atoms with Crippen molar-refractivity contribution >= 4 is 28.7 Å². The molecule has 0 radical (unpaired) electrons. The van der Waals surface area contributed by atoms with Crippen LogP contribution >= 0.6 is 0 Å². The van der Waals surface area contributed by atoms with Gasteiger partial charge in [-0.15, -0.1) is 0 Å². The van der Waals surface area contributed by atoms with Crippen LogP contribution in [0, 0.1) is 11.6 Å². The lowest BCUT2D eigenvalue weighted by atomic mass is 10.0. The highest BCUT2D eigenvalue weighted by Gasteiger charge is 2.27. The lowest BCUT2D eigenvalue weighted by molar-refractivity contribution is -0.128. The minimum atomic E-state index is -1.51. The van der Waals surface area contributed by atoms with Crippen molar-refractivity contribution < 1.29 is 28.3 Å². The Morgan fingerprint density at radius 3 is 2.50 bits per heavy atom. The molecule has 0 spiro atoms. The molecule has 8 nitrogen and oxygen atoms in total. The summed E-state index contributed by atoms with van der Waals surface area (Å²) in [5, 5.41) is 15.4. The summed E-state index contributed by atoms with van der Waals surface area (Å²) < 4.78 is 29.6. The van der Waals surface area contributed by atoms with Gasteiger partial charge in [0.2, 0.25) is 12.1 Å². The molecular weight excluding hydrogens is 374 g/mol. The predicted molar refractivity (Wildman–Crippen MR) is 94.1 cm³/mol. The van der Waals surface area contributed by atoms with Crippen LogP contribution in [-0.4, -0.2) is 32.7 Å². The van der Waals surface area contributed by atoms with Crippen LogP contribution in [0.3, 0.4) is 0 Å². The number of hydrogen-bond acceptors (Lipinski definition) is 4. The Morgan fingerprint density at radius 2 is 1.93 bits per heavy atom. The molecule has 0 aliphatic heterocycles. The molecule has 144 valence electrons. The fourth-order valence-electron chi connectivity index (χ4n) is 2.84. The summed E-state index contributed by atoms with van der Waals surface area (Å²) >= 11 is 0. The maximum Gasteiger partial charge on any atom is 0.338 e. The number of aromatic nitrogens is 2. The Morgan fingerprint density at radius 1 is 1.21 bits per heavy atom. The smallest absolute Gasteiger partial charge is 0.338 e. The Hall–Kier alpha value is -3.82. The number of hydrogen-bond donors (Lipinski definition) is 3. The second kappa shape index (κ2) is 7.06. The minimum Gasteiger partial charge on any atom is -0.478 e. The van der Waals surface area contributed by atoms with Crippen LogP contribution in [0.25, 0.3) is 22.2 Å². The van der Waals surface area contributed by atoms with E-state index in [9.17, 15) is 28.3 Å². The van der Waals surface area contributed by atoms with Crippen LogP contribution in [0.5, 0.6) is 0 Å². The number of carboxylic acid groups (broad SMARTS) is 1. The van der Waals surface area contributed by atoms with Crippen LogP contribution in [0.15, 0.2) is 36.4 Å². The van der Waals surface area contributed by atoms with E-state index in [1.165, 1.54) is 24.3 Å². The third-order valence-corrected chi connectivity index (χ3v) is 3.99. The first-order valence-electron chi connectivity index (χ1n) is 7.97. The van der Waals surface area contributed by atoms with Gasteiger partial charge in [-0.1, -0.05) is 12.1 Å². The largest absolute Gasteiger partial charge is 0.478 e. The van der Waals surface area contributed by atoms with Gasteiger partial charge in [-0.05, 0) is 24.3 Å². The molecule has 0 bridgehead atoms. The SMILES string of the molecule is CC(=O)NC(C(N)=O)n1nc(-c2cccc(F)c2)c2c(F)c(C(=O)O)ccc21. The molecule has 28 heavy (non-hydrogen) atoms. The van der Waals surface area contributed by atoms with E-state index in [0.29, 0.717) is 0 Å². The average molecular weight is 388 g/mol. The van der Waals surface area contributed by atoms with E-state index in [1.807, 2.05) is 0 Å². The predicted octanol–water partition coefficient (Wildman–Crippen LogP) is 1.80. The van der Waals surface area contributed by atoms with Crippen molar-refractivity contribution in [3.05, 3.63) is 53.6 Å². The molecule has 1 atom stereocenters. The maximum atomic E-state index is 15.0. The van der Waals surface area contributed by atoms with Gasteiger partial charge in [0.25, 0.3) is 5.91 Å². The molecular formula is C18H14F2N4O4. The lowest BCUT2D eigenvalue weighted by Gasteiger charge is -2.15. The molecule has 2 aromatic carbocycles. The van der Waals surface area contributed by atoms with E-state index >= 15 is 0 Å². The Bertz CT molecular complexity index is 1130. The van der Waals surface area contributed by atoms with E-state index in [-0.39, 0.29) is 22.2 Å². The molecule has 0 saturated heterocycles. The lowest BCUT2D eigenvalue weighted by Crippen LogP contribution is -2.40. The summed E-state index contributed by atoms with van der Waals surface area (Å²) in [5.41, 5.74) is 4.75. The molecule has 0 aliphatic carbocycles. The molecule has 0 saturated carbocycles. The molecule has 0 fully saturated rings. The van der Waals surface area contributed by atoms with Crippen molar-refractivity contribution in [2.45, 2.75) is 13.1 Å². The van der Waals surface area contributed by atoms with Gasteiger partial charge in [-0.2, -0.15) is 5.10 Å². The third kappa shape index (κ3) is 3.27. The number of rotatable bonds is 5. The molecule has 1 heterocycles. The van der Waals surface area contributed by atoms with Crippen LogP contribution in [0.1, 0.15) is 23.4 Å². The zero-order valence-corrected chi connectivity index (χ0v) is 14.4. The van der Waals surface area contributed by atoms with Crippen molar-refractivity contribution in [2.24, 2.45) is 5.73 Å². The van der Waals surface area contributed by atoms with Crippen LogP contribution in [0.2, 0.25) is 0 Å². The average Bonchev–Trinajstić information content (AvgIpc) is 2.99. The van der Waals surface area contributed by atoms with Crippen molar-refractivity contribution in [1.29, 1.82) is 0 Å². The van der Waals surface area contributed by atoms with Crippen LogP contribution in [-0.2, 0) is 9.59 Å². The molecule has 3 aromatic rings. The first kappa shape index (κ1) is 19.0. The number of amides is 2. The van der Waals surface area contributed by atoms with E-state index in [0.717, 1.165) is 23.7 Å². The van der Waals surface area contributed by atoms with Crippen LogP contribution < -0.4 is 11.1 Å². The van der Waals surface area contributed by atoms with Gasteiger partial charge >= 0.3 is 5.97 Å². The second-order valence-corrected chi connectivity index (χ2v) is 5.94. The molecule has 0 aliphatic rings. The summed E-state index contributed by atoms with van der Waals surface area (Å²) in [6.07, 6.45) is -1.46. The summed E-state index contributed by atoms with van der Waals surface area (Å²) in [5.74, 6) is -4.81. The molecule has 1 aromatic heterocycles. The number of fused-ring (bicyclic) bond motifs is 1. The molecule has 2 amide bonds. The highest BCUT2D eigenvalue weighted by atomic mass is 19.1. The maximum absolute atomic E-state index is 15.0. The summed E-state index contributed by atoms with van der Waals surface area (Å²) in [6.45, 7) is 1.15. The van der Waals surface area contributed by atoms with Crippen molar-refractivity contribution in [3.63, 3.8) is 0 Å². The van der Waals surface area contributed by atoms with Crippen molar-refractivity contribution in [1.82, 2.24) is 15.1 Å². The Balaban J connectivity index is 2.38. The van der Waals surface area contributed by atoms with E-state index in [1.54, 1.807) is 0 Å². The highest BCUT2D eigenvalue weighted by Crippen LogP contribution is 2.33. The number of nitrogens with one attached hydrogen (secondary N) is 1. The normalized spacial score (nSPS) is 12.0. The quantitative estimate of drug-likeness (QED) is 0.614. The number of carbonyl (C=O) groups excluding carboxylic acids is 2. The number of nitrogens with zero attached hydrogens (tertiary/aromatic N) is 2. The number of benzene rings is 2. The monoisotopic (exact) mass is 388 g/mol. The van der Waals surface area contributed by atoms with Crippen LogP contribution in [0.4, 0.5) is 8.78 Å². The van der Waals surface area contributed by atoms with Gasteiger partial charge in [0.15, 0.2) is 0 Å². The van der Waals surface area contributed by atoms with E-state index in [2.05, 4.69) is 10.4 Å². The van der Waals surface area contributed by atoms with Gasteiger partial charge in [0.1, 0.15) is 17.3 Å². The van der Waals surface area contributed by atoms with Gasteiger partial charge in [0.05, 0.1) is 16.5 Å². The first-order valence-corrected chi connectivity index (χ1v) is 7.97. The Labute approximate surface area is 156 Å². The third-order valence-electron chi connectivity index (χ3n) is 3.99. The summed E-state index contributed by atoms with van der Waals surface area (Å²) in [7, 11) is 0. The topological polar surface area (TPSA) is 127 Å². The summed E-state index contributed by atoms with van der Waals surface area (Å²) in [4.78, 5) is 34.6. The van der Waals surface area contributed by atoms with Crippen molar-refractivity contribution in [3.8, 4) is 11.3 Å². The zero-order valence-electron chi connectivity index (χ0n) is 14.4. The summed E-state index contributed by atoms with van der Waals surface area (Å²) in [6, 6.07) is 7.30. The standard InChI is InChI=1S/C18H14F2N4O4/c1-8(25)22-17(16(21)26)24-12-6-5-11(18(27)28)14(20)13(12)15(23-24)9-3-2-4-10(19)7-9/h2-7,17H,1H3,(H2,21,26)(H,22,25)(H,27,28). The molecule has 4 N–H and O–H groups in total. The fraction of sp³-hybridized carbons (Fsp3) is 0.111. The van der Waals surface area contributed by atoms with Gasteiger partial charge in [0, 0.05) is 12.5 Å². The number of carbonyl (C=O) groups is 3. The zero-order chi connectivity index (χ0) is 20.6. The highest BCUT2D eigenvalue weighted by molar-refractivity contribution is 6.00. The first-order chi connectivity index (χ1) is 13.2. The van der Waals surface area contributed by atoms with Gasteiger partial charge in [-0.25, -0.2) is 18.3 Å². The number of halogens is 2. The number of carboxylic acids is 1. The van der Waals surface area contributed by atoms with E-state index < -0.39 is 41.1 Å². The second-order valence-electron chi connectivity index (χ2n) is 5.94. The minimum absolute atomic E-state index is 0.000638. The molecule has 10 heteroatoms. The van der Waals surface area contributed by atoms with Crippen molar-refractivity contribution in [2.75, 3.05) is 0 Å². The number of aromatic carboxylic acids is 1. The Kier molecular flexibility index (Phi) is 4.78. The fourth-order valence-corrected chi connectivity index (χ4v) is 2.84. The van der Waals surface area contributed by atoms with Gasteiger partial charge < -0.3 is 16.2 Å². The molecule has 3 rings (SSSR count). The number of nitrogens with two attached hydrogens (primary N) is 1. The van der Waals surface area contributed by atoms with Gasteiger partial charge in [-0.3, -0.25) is 9.59 Å². The molecule has 1 unspecified atom stereocenters.